The number of hydrogen-bond acceptors (Lipinski definition) is 5. The van der Waals surface area contributed by atoms with Gasteiger partial charge in [0.25, 0.3) is 0 Å². The highest BCUT2D eigenvalue weighted by atomic mass is 35.5. The molecule has 2 N–H and O–H groups in total. The predicted molar refractivity (Wildman–Crippen MR) is 85.0 cm³/mol. The molecule has 0 amide bonds. The highest BCUT2D eigenvalue weighted by molar-refractivity contribution is 7.89. The molecule has 21 heavy (non-hydrogen) atoms. The van der Waals surface area contributed by atoms with E-state index in [9.17, 15) is 8.42 Å². The molecule has 0 saturated carbocycles. The van der Waals surface area contributed by atoms with Crippen LogP contribution < -0.4 is 10.0 Å². The van der Waals surface area contributed by atoms with Crippen LogP contribution in [0.25, 0.3) is 0 Å². The number of rotatable bonds is 7. The molecule has 1 heterocycles. The van der Waals surface area contributed by atoms with E-state index in [1.54, 1.807) is 23.7 Å². The van der Waals surface area contributed by atoms with Gasteiger partial charge in [0.2, 0.25) is 10.0 Å². The van der Waals surface area contributed by atoms with Crippen LogP contribution in [0.3, 0.4) is 0 Å². The van der Waals surface area contributed by atoms with Crippen molar-refractivity contribution in [2.75, 3.05) is 6.54 Å². The minimum atomic E-state index is -3.58. The van der Waals surface area contributed by atoms with Gasteiger partial charge in [0.15, 0.2) is 0 Å². The number of benzene rings is 1. The Morgan fingerprint density at radius 2 is 2.14 bits per heavy atom. The number of halogens is 1. The van der Waals surface area contributed by atoms with Gasteiger partial charge in [-0.25, -0.2) is 18.1 Å². The summed E-state index contributed by atoms with van der Waals surface area (Å²) in [5.74, 6) is 0. The monoisotopic (exact) mass is 345 g/mol. The molecule has 0 saturated heterocycles. The number of hydrogen-bond donors (Lipinski definition) is 2. The van der Waals surface area contributed by atoms with Crippen LogP contribution in [0.15, 0.2) is 34.7 Å². The second-order valence-corrected chi connectivity index (χ2v) is 7.44. The molecule has 8 heteroatoms. The molecule has 0 aliphatic rings. The smallest absolute Gasteiger partial charge is 0.241 e. The molecular weight excluding hydrogens is 330 g/mol. The largest absolute Gasteiger partial charge is 0.313 e. The van der Waals surface area contributed by atoms with E-state index in [4.69, 9.17) is 11.6 Å². The average Bonchev–Trinajstić information content (AvgIpc) is 2.97. The number of thiazole rings is 1. The first-order chi connectivity index (χ1) is 10.0. The minimum absolute atomic E-state index is 0.157. The Bertz CT molecular complexity index is 687. The highest BCUT2D eigenvalue weighted by Crippen LogP contribution is 2.21. The van der Waals surface area contributed by atoms with Gasteiger partial charge in [-0.2, -0.15) is 0 Å². The van der Waals surface area contributed by atoms with E-state index >= 15 is 0 Å². The topological polar surface area (TPSA) is 71.1 Å². The van der Waals surface area contributed by atoms with Gasteiger partial charge in [-0.05, 0) is 24.2 Å². The summed E-state index contributed by atoms with van der Waals surface area (Å²) < 4.78 is 26.9. The van der Waals surface area contributed by atoms with E-state index in [1.807, 2.05) is 6.92 Å². The van der Waals surface area contributed by atoms with Gasteiger partial charge < -0.3 is 5.32 Å². The van der Waals surface area contributed by atoms with Crippen molar-refractivity contribution in [1.82, 2.24) is 15.0 Å². The molecule has 1 aromatic heterocycles. The molecule has 0 unspecified atom stereocenters. The van der Waals surface area contributed by atoms with Gasteiger partial charge in [-0.1, -0.05) is 24.6 Å². The average molecular weight is 346 g/mol. The quantitative estimate of drug-likeness (QED) is 0.808. The van der Waals surface area contributed by atoms with Gasteiger partial charge in [-0.15, -0.1) is 11.3 Å². The molecule has 2 rings (SSSR count). The molecule has 0 atom stereocenters. The van der Waals surface area contributed by atoms with Crippen molar-refractivity contribution >= 4 is 33.0 Å². The molecule has 5 nitrogen and oxygen atoms in total. The summed E-state index contributed by atoms with van der Waals surface area (Å²) >= 11 is 7.53. The Balaban J connectivity index is 2.10. The molecule has 0 spiro atoms. The summed E-state index contributed by atoms with van der Waals surface area (Å²) in [6.45, 7) is 3.61. The summed E-state index contributed by atoms with van der Waals surface area (Å²) in [5, 5.41) is 6.11. The minimum Gasteiger partial charge on any atom is -0.313 e. The van der Waals surface area contributed by atoms with Crippen LogP contribution in [-0.4, -0.2) is 19.9 Å². The lowest BCUT2D eigenvalue weighted by atomic mass is 10.2. The lowest BCUT2D eigenvalue weighted by Crippen LogP contribution is -2.23. The van der Waals surface area contributed by atoms with Crippen molar-refractivity contribution in [3.8, 4) is 0 Å². The zero-order valence-corrected chi connectivity index (χ0v) is 13.9. The third kappa shape index (κ3) is 4.49. The van der Waals surface area contributed by atoms with Crippen LogP contribution in [0.2, 0.25) is 5.02 Å². The van der Waals surface area contributed by atoms with E-state index in [0.717, 1.165) is 12.1 Å². The predicted octanol–water partition coefficient (Wildman–Crippen LogP) is 2.38. The van der Waals surface area contributed by atoms with E-state index in [2.05, 4.69) is 15.0 Å². The molecular formula is C13H16ClN3O2S2. The van der Waals surface area contributed by atoms with Gasteiger partial charge in [-0.3, -0.25) is 0 Å². The Hall–Kier alpha value is -0.990. The van der Waals surface area contributed by atoms with Crippen molar-refractivity contribution in [2.24, 2.45) is 0 Å². The number of nitrogens with zero attached hydrogens (tertiary/aromatic N) is 1. The van der Waals surface area contributed by atoms with Crippen molar-refractivity contribution in [1.29, 1.82) is 0 Å². The fourth-order valence-electron chi connectivity index (χ4n) is 1.68. The first-order valence-corrected chi connectivity index (χ1v) is 9.14. The molecule has 0 radical (unpaired) electrons. The normalized spacial score (nSPS) is 11.7. The molecule has 2 aromatic rings. The SMILES string of the molecule is CCNCc1ccc(S(=O)(=O)NCc2nccs2)cc1Cl. The highest BCUT2D eigenvalue weighted by Gasteiger charge is 2.15. The summed E-state index contributed by atoms with van der Waals surface area (Å²) in [6.07, 6.45) is 1.64. The van der Waals surface area contributed by atoms with Crippen LogP contribution in [0.5, 0.6) is 0 Å². The fourth-order valence-corrected chi connectivity index (χ4v) is 3.65. The third-order valence-electron chi connectivity index (χ3n) is 2.80. The number of sulfonamides is 1. The summed E-state index contributed by atoms with van der Waals surface area (Å²) in [7, 11) is -3.58. The second kappa shape index (κ2) is 7.33. The Morgan fingerprint density at radius 3 is 2.76 bits per heavy atom. The molecule has 1 aromatic carbocycles. The van der Waals surface area contributed by atoms with Crippen molar-refractivity contribution in [3.05, 3.63) is 45.4 Å². The van der Waals surface area contributed by atoms with Crippen LogP contribution in [-0.2, 0) is 23.1 Å². The standard InChI is InChI=1S/C13H16ClN3O2S2/c1-2-15-8-10-3-4-11(7-12(10)14)21(18,19)17-9-13-16-5-6-20-13/h3-7,15,17H,2,8-9H2,1H3. The van der Waals surface area contributed by atoms with E-state index in [0.29, 0.717) is 16.6 Å². The van der Waals surface area contributed by atoms with Gasteiger partial charge in [0, 0.05) is 23.1 Å². The van der Waals surface area contributed by atoms with Crippen LogP contribution in [0.4, 0.5) is 0 Å². The molecule has 114 valence electrons. The Morgan fingerprint density at radius 1 is 1.33 bits per heavy atom. The summed E-state index contributed by atoms with van der Waals surface area (Å²) in [6, 6.07) is 4.75. The van der Waals surface area contributed by atoms with Crippen molar-refractivity contribution < 1.29 is 8.42 Å². The Kier molecular flexibility index (Phi) is 5.72. The van der Waals surface area contributed by atoms with E-state index < -0.39 is 10.0 Å². The Labute approximate surface area is 133 Å². The first kappa shape index (κ1) is 16.4. The maximum atomic E-state index is 12.2. The lowest BCUT2D eigenvalue weighted by molar-refractivity contribution is 0.581. The van der Waals surface area contributed by atoms with Crippen molar-refractivity contribution in [2.45, 2.75) is 24.9 Å². The zero-order valence-electron chi connectivity index (χ0n) is 11.5. The zero-order chi connectivity index (χ0) is 15.3. The van der Waals surface area contributed by atoms with E-state index in [-0.39, 0.29) is 11.4 Å². The third-order valence-corrected chi connectivity index (χ3v) is 5.33. The lowest BCUT2D eigenvalue weighted by Gasteiger charge is -2.09. The molecule has 0 aliphatic heterocycles. The van der Waals surface area contributed by atoms with Crippen LogP contribution in [0.1, 0.15) is 17.5 Å². The van der Waals surface area contributed by atoms with Gasteiger partial charge in [0.05, 0.1) is 11.4 Å². The second-order valence-electron chi connectivity index (χ2n) is 4.28. The van der Waals surface area contributed by atoms with Gasteiger partial charge >= 0.3 is 0 Å². The van der Waals surface area contributed by atoms with Crippen molar-refractivity contribution in [3.63, 3.8) is 0 Å². The molecule has 0 fully saturated rings. The summed E-state index contributed by atoms with van der Waals surface area (Å²) in [5.41, 5.74) is 0.873. The fraction of sp³-hybridized carbons (Fsp3) is 0.308. The van der Waals surface area contributed by atoms with E-state index in [1.165, 1.54) is 17.4 Å². The maximum absolute atomic E-state index is 12.2. The number of nitrogens with one attached hydrogen (secondary N) is 2. The van der Waals surface area contributed by atoms with Gasteiger partial charge in [0.1, 0.15) is 5.01 Å². The molecule has 0 bridgehead atoms. The maximum Gasteiger partial charge on any atom is 0.241 e. The van der Waals surface area contributed by atoms with Crippen LogP contribution in [0, 0.1) is 0 Å². The molecule has 0 aliphatic carbocycles. The first-order valence-electron chi connectivity index (χ1n) is 6.40. The summed E-state index contributed by atoms with van der Waals surface area (Å²) in [4.78, 5) is 4.19. The number of aromatic nitrogens is 1. The van der Waals surface area contributed by atoms with Crippen LogP contribution >= 0.6 is 22.9 Å².